The summed E-state index contributed by atoms with van der Waals surface area (Å²) >= 11 is 0. The third-order valence-corrected chi connectivity index (χ3v) is 5.64. The Morgan fingerprint density at radius 2 is 1.77 bits per heavy atom. The molecular formula is C23H26N3O4+. The molecule has 0 aliphatic carbocycles. The number of allylic oxidation sites excluding steroid dienone is 1. The van der Waals surface area contributed by atoms with Gasteiger partial charge in [-0.1, -0.05) is 43.0 Å². The molecule has 0 bridgehead atoms. The fraction of sp³-hybridized carbons (Fsp3) is 0.348. The molecule has 0 spiro atoms. The molecule has 7 heteroatoms. The first kappa shape index (κ1) is 19.9. The molecule has 0 aromatic heterocycles. The lowest BCUT2D eigenvalue weighted by molar-refractivity contribution is -0.566. The third kappa shape index (κ3) is 3.30. The molecule has 0 saturated carbocycles. The number of nitrogens with zero attached hydrogens (tertiary/aromatic N) is 1. The van der Waals surface area contributed by atoms with E-state index < -0.39 is 0 Å². The number of nitrogens with one attached hydrogen (secondary N) is 2. The summed E-state index contributed by atoms with van der Waals surface area (Å²) in [4.78, 5) is 25.7. The van der Waals surface area contributed by atoms with Crippen LogP contribution in [-0.2, 0) is 19.1 Å². The molecular weight excluding hydrogens is 382 g/mol. The van der Waals surface area contributed by atoms with Crippen LogP contribution in [0, 0.1) is 0 Å². The lowest BCUT2D eigenvalue weighted by atomic mass is 9.97. The van der Waals surface area contributed by atoms with Crippen LogP contribution in [0.2, 0.25) is 0 Å². The molecule has 1 saturated heterocycles. The summed E-state index contributed by atoms with van der Waals surface area (Å²) in [6.07, 6.45) is 3.02. The van der Waals surface area contributed by atoms with Gasteiger partial charge < -0.3 is 9.47 Å². The quantitative estimate of drug-likeness (QED) is 0.426. The monoisotopic (exact) mass is 408 g/mol. The van der Waals surface area contributed by atoms with E-state index in [4.69, 9.17) is 9.47 Å². The molecule has 0 amide bonds. The van der Waals surface area contributed by atoms with E-state index in [-0.39, 0.29) is 30.6 Å². The highest BCUT2D eigenvalue weighted by Gasteiger charge is 2.51. The van der Waals surface area contributed by atoms with Crippen LogP contribution in [0.25, 0.3) is 5.70 Å². The largest absolute Gasteiger partial charge is 0.462 e. The van der Waals surface area contributed by atoms with Crippen molar-refractivity contribution in [1.29, 1.82) is 0 Å². The van der Waals surface area contributed by atoms with E-state index >= 15 is 0 Å². The normalized spacial score (nSPS) is 22.2. The second-order valence-electron chi connectivity index (χ2n) is 7.42. The van der Waals surface area contributed by atoms with Gasteiger partial charge in [0.15, 0.2) is 0 Å². The number of hydrogen-bond acceptors (Lipinski definition) is 6. The van der Waals surface area contributed by atoms with E-state index in [1.165, 1.54) is 0 Å². The number of carbonyl (C=O) groups excluding carboxylic acids is 2. The molecule has 4 rings (SSSR count). The van der Waals surface area contributed by atoms with Gasteiger partial charge in [-0.25, -0.2) is 24.8 Å². The molecule has 3 aliphatic rings. The topological polar surface area (TPSA) is 79.7 Å². The summed E-state index contributed by atoms with van der Waals surface area (Å²) in [6.45, 7) is 7.73. The Balaban J connectivity index is 1.75. The first-order valence-corrected chi connectivity index (χ1v) is 10.2. The lowest BCUT2D eigenvalue weighted by Gasteiger charge is -2.32. The number of carbonyl (C=O) groups is 2. The summed E-state index contributed by atoms with van der Waals surface area (Å²) in [5.74, 6) is 0.0721. The van der Waals surface area contributed by atoms with Gasteiger partial charge in [0.2, 0.25) is 0 Å². The summed E-state index contributed by atoms with van der Waals surface area (Å²) < 4.78 is 12.8. The van der Waals surface area contributed by atoms with Gasteiger partial charge in [0.05, 0.1) is 12.3 Å². The average molecular weight is 408 g/mol. The standard InChI is InChI=1S/C23H25N3O4/c1-4-13-30-21(27)18-14(3)24-23-25-20(15-9-7-6-8-10-15)19(22(28)29-5-2)17-12-11-16(18)26(17)23/h4,6-10,16-17H,1,5,11-13H2,2-3H3,(H,24,25,27,28)/p+1/t16-,17-/m1/s1. The van der Waals surface area contributed by atoms with Gasteiger partial charge in [-0.05, 0) is 26.7 Å². The van der Waals surface area contributed by atoms with Gasteiger partial charge in [-0.15, -0.1) is 0 Å². The number of hydrogen-bond donors (Lipinski definition) is 2. The number of guanidine groups is 1. The maximum Gasteiger partial charge on any atom is 0.356 e. The highest BCUT2D eigenvalue weighted by Crippen LogP contribution is 2.37. The van der Waals surface area contributed by atoms with Crippen LogP contribution in [0.15, 0.2) is 59.8 Å². The van der Waals surface area contributed by atoms with E-state index in [9.17, 15) is 9.59 Å². The van der Waals surface area contributed by atoms with Crippen LogP contribution in [0.4, 0.5) is 0 Å². The van der Waals surface area contributed by atoms with Gasteiger partial charge in [0.1, 0.15) is 35.5 Å². The molecule has 0 radical (unpaired) electrons. The maximum absolute atomic E-state index is 13.0. The van der Waals surface area contributed by atoms with Crippen molar-refractivity contribution in [3.8, 4) is 0 Å². The Hall–Kier alpha value is -3.35. The predicted molar refractivity (Wildman–Crippen MR) is 112 cm³/mol. The van der Waals surface area contributed by atoms with Crippen molar-refractivity contribution in [2.75, 3.05) is 13.2 Å². The summed E-state index contributed by atoms with van der Waals surface area (Å²) in [7, 11) is 0. The smallest absolute Gasteiger partial charge is 0.356 e. The Morgan fingerprint density at radius 1 is 1.10 bits per heavy atom. The van der Waals surface area contributed by atoms with Crippen LogP contribution < -0.4 is 10.6 Å². The summed E-state index contributed by atoms with van der Waals surface area (Å²) in [5, 5.41) is 6.72. The fourth-order valence-corrected chi connectivity index (χ4v) is 4.48. The van der Waals surface area contributed by atoms with Crippen molar-refractivity contribution < 1.29 is 23.6 Å². The second-order valence-corrected chi connectivity index (χ2v) is 7.42. The van der Waals surface area contributed by atoms with Gasteiger partial charge in [0.25, 0.3) is 0 Å². The molecule has 1 aromatic carbocycles. The van der Waals surface area contributed by atoms with Gasteiger partial charge in [-0.3, -0.25) is 0 Å². The Bertz CT molecular complexity index is 991. The van der Waals surface area contributed by atoms with Crippen LogP contribution in [0.1, 0.15) is 32.3 Å². The molecule has 2 N–H and O–H groups in total. The van der Waals surface area contributed by atoms with Gasteiger partial charge in [0, 0.05) is 5.56 Å². The molecule has 0 unspecified atom stereocenters. The highest BCUT2D eigenvalue weighted by atomic mass is 16.5. The number of benzene rings is 1. The summed E-state index contributed by atoms with van der Waals surface area (Å²) in [6, 6.07) is 9.39. The van der Waals surface area contributed by atoms with Crippen molar-refractivity contribution in [1.82, 2.24) is 10.6 Å². The molecule has 30 heavy (non-hydrogen) atoms. The average Bonchev–Trinajstić information content (AvgIpc) is 3.18. The number of rotatable bonds is 6. The van der Waals surface area contributed by atoms with E-state index in [2.05, 4.69) is 21.8 Å². The second kappa shape index (κ2) is 8.18. The van der Waals surface area contributed by atoms with Crippen LogP contribution in [0.5, 0.6) is 0 Å². The van der Waals surface area contributed by atoms with Crippen molar-refractivity contribution >= 4 is 23.6 Å². The summed E-state index contributed by atoms with van der Waals surface area (Å²) in [5.41, 5.74) is 3.59. The van der Waals surface area contributed by atoms with Crippen molar-refractivity contribution in [3.63, 3.8) is 0 Å². The van der Waals surface area contributed by atoms with Crippen molar-refractivity contribution in [3.05, 3.63) is 65.4 Å². The Labute approximate surface area is 175 Å². The molecule has 3 aliphatic heterocycles. The minimum Gasteiger partial charge on any atom is -0.462 e. The Kier molecular flexibility index (Phi) is 5.44. The van der Waals surface area contributed by atoms with E-state index in [0.717, 1.165) is 35.8 Å². The third-order valence-electron chi connectivity index (χ3n) is 5.64. The zero-order valence-electron chi connectivity index (χ0n) is 17.2. The Morgan fingerprint density at radius 3 is 2.43 bits per heavy atom. The van der Waals surface area contributed by atoms with Crippen LogP contribution in [-0.4, -0.2) is 47.8 Å². The van der Waals surface area contributed by atoms with Crippen molar-refractivity contribution in [2.24, 2.45) is 0 Å². The fourth-order valence-electron chi connectivity index (χ4n) is 4.48. The molecule has 1 aromatic rings. The molecule has 2 atom stereocenters. The minimum absolute atomic E-state index is 0.159. The SMILES string of the molecule is C=CCOC(=O)C1=C(C)NC2=[N+]3[C@@H]1CC[C@@H]3C(C(=O)OCC)=C(c1ccccc1)N2. The zero-order chi connectivity index (χ0) is 21.3. The van der Waals surface area contributed by atoms with E-state index in [1.54, 1.807) is 13.0 Å². The van der Waals surface area contributed by atoms with E-state index in [1.807, 2.05) is 37.3 Å². The maximum atomic E-state index is 13.0. The first-order chi connectivity index (χ1) is 14.6. The van der Waals surface area contributed by atoms with Gasteiger partial charge >= 0.3 is 17.9 Å². The van der Waals surface area contributed by atoms with E-state index in [0.29, 0.717) is 17.8 Å². The lowest BCUT2D eigenvalue weighted by Crippen LogP contribution is -2.56. The number of ether oxygens (including phenoxy) is 2. The molecule has 3 heterocycles. The highest BCUT2D eigenvalue weighted by molar-refractivity contribution is 6.04. The van der Waals surface area contributed by atoms with Crippen molar-refractivity contribution in [2.45, 2.75) is 38.8 Å². The number of esters is 2. The first-order valence-electron chi connectivity index (χ1n) is 10.2. The minimum atomic E-state index is -0.361. The zero-order valence-corrected chi connectivity index (χ0v) is 17.2. The van der Waals surface area contributed by atoms with Crippen LogP contribution in [0.3, 0.4) is 0 Å². The van der Waals surface area contributed by atoms with Gasteiger partial charge in [-0.2, -0.15) is 0 Å². The predicted octanol–water partition coefficient (Wildman–Crippen LogP) is 2.07. The van der Waals surface area contributed by atoms with Crippen LogP contribution >= 0.6 is 0 Å². The molecule has 7 nitrogen and oxygen atoms in total. The molecule has 156 valence electrons. The molecule has 1 fully saturated rings.